The molecular formula is C19H22FN3O2. The normalized spacial score (nSPS) is 17.2. The first kappa shape index (κ1) is 17.2. The number of hydrogen-bond donors (Lipinski definition) is 2. The maximum atomic E-state index is 12.9. The molecule has 2 N–H and O–H groups in total. The largest absolute Gasteiger partial charge is 0.375 e. The van der Waals surface area contributed by atoms with Crippen molar-refractivity contribution >= 4 is 17.4 Å². The number of hydrogen-bond acceptors (Lipinski definition) is 3. The number of nitrogens with zero attached hydrogens (tertiary/aromatic N) is 1. The summed E-state index contributed by atoms with van der Waals surface area (Å²) in [5.74, 6) is -0.289. The van der Waals surface area contributed by atoms with Crippen LogP contribution in [0.5, 0.6) is 0 Å². The summed E-state index contributed by atoms with van der Waals surface area (Å²) >= 11 is 0. The molecule has 0 bridgehead atoms. The predicted octanol–water partition coefficient (Wildman–Crippen LogP) is 3.37. The topological polar surface area (TPSA) is 53.6 Å². The average Bonchev–Trinajstić information content (AvgIpc) is 2.62. The van der Waals surface area contributed by atoms with Crippen molar-refractivity contribution in [1.82, 2.24) is 5.32 Å². The van der Waals surface area contributed by atoms with E-state index in [9.17, 15) is 9.18 Å². The number of halogens is 1. The SMILES string of the molecule is CC1CN(c2ccc(NC(=O)NCc3ccc(F)cc3)cc2)CCO1. The molecule has 2 aromatic rings. The van der Waals surface area contributed by atoms with Gasteiger partial charge in [0.05, 0.1) is 12.7 Å². The van der Waals surface area contributed by atoms with E-state index < -0.39 is 0 Å². The van der Waals surface area contributed by atoms with Gasteiger partial charge < -0.3 is 20.3 Å². The van der Waals surface area contributed by atoms with Gasteiger partial charge in [-0.2, -0.15) is 0 Å². The fraction of sp³-hybridized carbons (Fsp3) is 0.316. The first-order valence-electron chi connectivity index (χ1n) is 8.36. The predicted molar refractivity (Wildman–Crippen MR) is 96.3 cm³/mol. The van der Waals surface area contributed by atoms with Gasteiger partial charge in [0, 0.05) is 31.0 Å². The molecule has 5 nitrogen and oxygen atoms in total. The van der Waals surface area contributed by atoms with Gasteiger partial charge in [-0.3, -0.25) is 0 Å². The Balaban J connectivity index is 1.50. The third-order valence-electron chi connectivity index (χ3n) is 4.10. The standard InChI is InChI=1S/C19H22FN3O2/c1-14-13-23(10-11-25-14)18-8-6-17(7-9-18)22-19(24)21-12-15-2-4-16(20)5-3-15/h2-9,14H,10-13H2,1H3,(H2,21,22,24). The Morgan fingerprint density at radius 2 is 1.92 bits per heavy atom. The molecule has 2 amide bonds. The van der Waals surface area contributed by atoms with Crippen LogP contribution in [0.2, 0.25) is 0 Å². The second-order valence-electron chi connectivity index (χ2n) is 6.11. The van der Waals surface area contributed by atoms with Crippen molar-refractivity contribution < 1.29 is 13.9 Å². The van der Waals surface area contributed by atoms with Crippen LogP contribution in [0.25, 0.3) is 0 Å². The number of urea groups is 1. The number of morpholine rings is 1. The zero-order valence-corrected chi connectivity index (χ0v) is 14.2. The summed E-state index contributed by atoms with van der Waals surface area (Å²) in [6.45, 7) is 4.87. The van der Waals surface area contributed by atoms with Gasteiger partial charge in [0.25, 0.3) is 0 Å². The average molecular weight is 343 g/mol. The summed E-state index contributed by atoms with van der Waals surface area (Å²) in [4.78, 5) is 14.2. The lowest BCUT2D eigenvalue weighted by molar-refractivity contribution is 0.0532. The maximum absolute atomic E-state index is 12.9. The molecule has 1 heterocycles. The van der Waals surface area contributed by atoms with Crippen LogP contribution in [0.15, 0.2) is 48.5 Å². The van der Waals surface area contributed by atoms with Gasteiger partial charge in [-0.25, -0.2) is 9.18 Å². The monoisotopic (exact) mass is 343 g/mol. The van der Waals surface area contributed by atoms with Gasteiger partial charge in [-0.15, -0.1) is 0 Å². The molecule has 1 fully saturated rings. The quantitative estimate of drug-likeness (QED) is 0.895. The minimum Gasteiger partial charge on any atom is -0.375 e. The van der Waals surface area contributed by atoms with Crippen molar-refractivity contribution in [2.75, 3.05) is 29.9 Å². The Labute approximate surface area is 146 Å². The van der Waals surface area contributed by atoms with Gasteiger partial charge in [0.1, 0.15) is 5.82 Å². The lowest BCUT2D eigenvalue weighted by Gasteiger charge is -2.33. The molecule has 1 aliphatic heterocycles. The molecule has 25 heavy (non-hydrogen) atoms. The smallest absolute Gasteiger partial charge is 0.319 e. The van der Waals surface area contributed by atoms with Crippen molar-refractivity contribution in [1.29, 1.82) is 0 Å². The fourth-order valence-electron chi connectivity index (χ4n) is 2.77. The molecule has 0 aliphatic carbocycles. The molecule has 0 radical (unpaired) electrons. The third-order valence-corrected chi connectivity index (χ3v) is 4.10. The molecule has 2 aromatic carbocycles. The summed E-state index contributed by atoms with van der Waals surface area (Å²) in [5.41, 5.74) is 2.68. The number of carbonyl (C=O) groups is 1. The van der Waals surface area contributed by atoms with Crippen LogP contribution in [0, 0.1) is 5.82 Å². The first-order valence-corrected chi connectivity index (χ1v) is 8.36. The van der Waals surface area contributed by atoms with E-state index in [1.807, 2.05) is 24.3 Å². The Hall–Kier alpha value is -2.60. The van der Waals surface area contributed by atoms with E-state index in [2.05, 4.69) is 22.5 Å². The van der Waals surface area contributed by atoms with Crippen LogP contribution in [0.1, 0.15) is 12.5 Å². The first-order chi connectivity index (χ1) is 12.1. The van der Waals surface area contributed by atoms with Gasteiger partial charge in [-0.05, 0) is 48.9 Å². The molecule has 132 valence electrons. The highest BCUT2D eigenvalue weighted by molar-refractivity contribution is 5.89. The van der Waals surface area contributed by atoms with E-state index >= 15 is 0 Å². The molecule has 1 unspecified atom stereocenters. The highest BCUT2D eigenvalue weighted by atomic mass is 19.1. The number of anilines is 2. The van der Waals surface area contributed by atoms with E-state index in [4.69, 9.17) is 4.74 Å². The zero-order valence-electron chi connectivity index (χ0n) is 14.2. The Bertz CT molecular complexity index is 704. The number of benzene rings is 2. The summed E-state index contributed by atoms with van der Waals surface area (Å²) < 4.78 is 18.4. The molecule has 1 atom stereocenters. The van der Waals surface area contributed by atoms with E-state index in [0.29, 0.717) is 6.54 Å². The van der Waals surface area contributed by atoms with Crippen molar-refractivity contribution in [3.63, 3.8) is 0 Å². The van der Waals surface area contributed by atoms with Crippen molar-refractivity contribution in [2.45, 2.75) is 19.6 Å². The molecule has 0 saturated carbocycles. The van der Waals surface area contributed by atoms with Crippen LogP contribution < -0.4 is 15.5 Å². The van der Waals surface area contributed by atoms with Crippen LogP contribution in [0.3, 0.4) is 0 Å². The third kappa shape index (κ3) is 4.93. The minimum absolute atomic E-state index is 0.226. The maximum Gasteiger partial charge on any atom is 0.319 e. The summed E-state index contributed by atoms with van der Waals surface area (Å²) in [6, 6.07) is 13.5. The number of rotatable bonds is 4. The van der Waals surface area contributed by atoms with E-state index in [0.717, 1.165) is 36.6 Å². The Kier molecular flexibility index (Phi) is 5.50. The van der Waals surface area contributed by atoms with E-state index in [-0.39, 0.29) is 18.0 Å². The van der Waals surface area contributed by atoms with Crippen LogP contribution in [0.4, 0.5) is 20.6 Å². The lowest BCUT2D eigenvalue weighted by Crippen LogP contribution is -2.41. The van der Waals surface area contributed by atoms with Crippen molar-refractivity contribution in [3.05, 3.63) is 59.9 Å². The molecule has 6 heteroatoms. The molecule has 1 saturated heterocycles. The molecular weight excluding hydrogens is 321 g/mol. The van der Waals surface area contributed by atoms with Crippen molar-refractivity contribution in [3.8, 4) is 0 Å². The van der Waals surface area contributed by atoms with Crippen LogP contribution in [-0.4, -0.2) is 31.8 Å². The highest BCUT2D eigenvalue weighted by Crippen LogP contribution is 2.20. The number of amides is 2. The minimum atomic E-state index is -0.294. The number of ether oxygens (including phenoxy) is 1. The van der Waals surface area contributed by atoms with E-state index in [1.165, 1.54) is 12.1 Å². The molecule has 0 spiro atoms. The lowest BCUT2D eigenvalue weighted by atomic mass is 10.2. The van der Waals surface area contributed by atoms with Gasteiger partial charge in [0.15, 0.2) is 0 Å². The molecule has 1 aliphatic rings. The van der Waals surface area contributed by atoms with Crippen LogP contribution in [-0.2, 0) is 11.3 Å². The zero-order chi connectivity index (χ0) is 17.6. The molecule has 0 aromatic heterocycles. The summed E-state index contributed by atoms with van der Waals surface area (Å²) in [5, 5.41) is 5.55. The fourth-order valence-corrected chi connectivity index (χ4v) is 2.77. The Morgan fingerprint density at radius 1 is 1.20 bits per heavy atom. The second kappa shape index (κ2) is 7.98. The summed E-state index contributed by atoms with van der Waals surface area (Å²) in [6.07, 6.45) is 0.226. The number of nitrogens with one attached hydrogen (secondary N) is 2. The highest BCUT2D eigenvalue weighted by Gasteiger charge is 2.16. The second-order valence-corrected chi connectivity index (χ2v) is 6.11. The van der Waals surface area contributed by atoms with Crippen LogP contribution >= 0.6 is 0 Å². The van der Waals surface area contributed by atoms with Gasteiger partial charge >= 0.3 is 6.03 Å². The van der Waals surface area contributed by atoms with E-state index in [1.54, 1.807) is 12.1 Å². The number of carbonyl (C=O) groups excluding carboxylic acids is 1. The molecule has 3 rings (SSSR count). The van der Waals surface area contributed by atoms with Crippen molar-refractivity contribution in [2.24, 2.45) is 0 Å². The Morgan fingerprint density at radius 3 is 2.60 bits per heavy atom. The van der Waals surface area contributed by atoms with Gasteiger partial charge in [-0.1, -0.05) is 12.1 Å². The van der Waals surface area contributed by atoms with Gasteiger partial charge in [0.2, 0.25) is 0 Å². The summed E-state index contributed by atoms with van der Waals surface area (Å²) in [7, 11) is 0.